The van der Waals surface area contributed by atoms with Crippen LogP contribution in [0.15, 0.2) is 22.4 Å². The molecule has 0 aromatic carbocycles. The minimum absolute atomic E-state index is 0. The topological polar surface area (TPSA) is 62.3 Å². The lowest BCUT2D eigenvalue weighted by Crippen LogP contribution is -2.47. The van der Waals surface area contributed by atoms with Crippen molar-refractivity contribution in [3.05, 3.63) is 22.4 Å². The van der Waals surface area contributed by atoms with Gasteiger partial charge in [-0.25, -0.2) is 0 Å². The van der Waals surface area contributed by atoms with Crippen LogP contribution in [-0.4, -0.2) is 41.2 Å². The van der Waals surface area contributed by atoms with Crippen LogP contribution < -0.4 is 5.73 Å². The summed E-state index contributed by atoms with van der Waals surface area (Å²) in [5, 5.41) is 7.86. The standard InChI is InChI=1S/C29H42F3N3O.CH4/c1-15-9-25-35(14-15)17(3)28(36-25)8-7-19-20-6-5-18-10-24(33)22(26(34)29(30,31)32)13-27(18,4)23(20)11-21(19)16(2)12-28;/h15,17-20,23,25,34H,5-14,33H2,1-4H3;1H4/t15?,17-,18?,19?,20?,23?,25?,27?,28?;/m0./s1. The van der Waals surface area contributed by atoms with E-state index in [2.05, 4.69) is 32.6 Å². The molecule has 4 nitrogen and oxygen atoms in total. The molecular formula is C30H46F3N3O. The highest BCUT2D eigenvalue weighted by Crippen LogP contribution is 2.65. The number of ether oxygens (including phenoxy) is 1. The first-order valence-electron chi connectivity index (χ1n) is 14.1. The lowest BCUT2D eigenvalue weighted by Gasteiger charge is -2.53. The van der Waals surface area contributed by atoms with Gasteiger partial charge in [0.25, 0.3) is 0 Å². The van der Waals surface area contributed by atoms with E-state index in [4.69, 9.17) is 15.9 Å². The Balaban J connectivity index is 0.00000280. The number of hydrogen-bond donors (Lipinski definition) is 2. The second kappa shape index (κ2) is 8.84. The van der Waals surface area contributed by atoms with Gasteiger partial charge in [-0.15, -0.1) is 0 Å². The highest BCUT2D eigenvalue weighted by atomic mass is 19.4. The molecule has 0 radical (unpaired) electrons. The minimum atomic E-state index is -4.64. The Morgan fingerprint density at radius 1 is 1.14 bits per heavy atom. The number of fused-ring (bicyclic) bond motifs is 6. The smallest absolute Gasteiger partial charge is 0.402 e. The number of alkyl halides is 3. The molecule has 2 aliphatic heterocycles. The molecule has 0 aromatic rings. The normalized spacial score (nSPS) is 45.8. The fourth-order valence-corrected chi connectivity index (χ4v) is 9.76. The molecule has 208 valence electrons. The molecule has 4 fully saturated rings. The maximum Gasteiger partial charge on any atom is 0.432 e. The van der Waals surface area contributed by atoms with E-state index in [0.717, 1.165) is 51.5 Å². The summed E-state index contributed by atoms with van der Waals surface area (Å²) in [5.41, 5.74) is 8.03. The van der Waals surface area contributed by atoms with Crippen molar-refractivity contribution >= 4 is 5.71 Å². The second-order valence-electron chi connectivity index (χ2n) is 13.5. The lowest BCUT2D eigenvalue weighted by atomic mass is 9.52. The van der Waals surface area contributed by atoms with E-state index >= 15 is 0 Å². The van der Waals surface area contributed by atoms with Crippen molar-refractivity contribution in [2.45, 2.75) is 117 Å². The third-order valence-electron chi connectivity index (χ3n) is 11.7. The van der Waals surface area contributed by atoms with E-state index in [0.29, 0.717) is 54.2 Å². The summed E-state index contributed by atoms with van der Waals surface area (Å²) in [6.07, 6.45) is 3.88. The van der Waals surface area contributed by atoms with E-state index in [1.807, 2.05) is 0 Å². The zero-order valence-electron chi connectivity index (χ0n) is 22.2. The summed E-state index contributed by atoms with van der Waals surface area (Å²) in [5.74, 6) is 2.41. The SMILES string of the molecule is C.CC1=C2CC3C(CCC4CC(N)=C(C(=N)C(F)(F)F)CC43C)C2CCC2(C1)OC1CC(C)CN1[C@H]2C. The monoisotopic (exact) mass is 521 g/mol. The van der Waals surface area contributed by atoms with Crippen LogP contribution in [0, 0.1) is 40.4 Å². The third-order valence-corrected chi connectivity index (χ3v) is 11.7. The van der Waals surface area contributed by atoms with E-state index < -0.39 is 11.9 Å². The molecule has 37 heavy (non-hydrogen) atoms. The van der Waals surface area contributed by atoms with Crippen LogP contribution in [0.25, 0.3) is 0 Å². The van der Waals surface area contributed by atoms with E-state index in [1.54, 1.807) is 5.57 Å². The number of nitrogens with one attached hydrogen (secondary N) is 1. The number of halogens is 3. The van der Waals surface area contributed by atoms with Gasteiger partial charge in [0.15, 0.2) is 0 Å². The van der Waals surface area contributed by atoms with Crippen LogP contribution in [0.2, 0.25) is 0 Å². The van der Waals surface area contributed by atoms with Gasteiger partial charge in [0.1, 0.15) is 11.9 Å². The molecule has 0 amide bonds. The molecule has 7 heteroatoms. The van der Waals surface area contributed by atoms with Gasteiger partial charge in [0.2, 0.25) is 0 Å². The van der Waals surface area contributed by atoms with Gasteiger partial charge in [-0.1, -0.05) is 32.4 Å². The maximum atomic E-state index is 13.5. The van der Waals surface area contributed by atoms with Gasteiger partial charge < -0.3 is 10.5 Å². The first kappa shape index (κ1) is 27.2. The zero-order chi connectivity index (χ0) is 25.8. The van der Waals surface area contributed by atoms with E-state index in [1.165, 1.54) is 5.57 Å². The molecule has 2 saturated carbocycles. The van der Waals surface area contributed by atoms with Crippen molar-refractivity contribution < 1.29 is 17.9 Å². The molecule has 3 N–H and O–H groups in total. The Hall–Kier alpha value is -1.34. The average Bonchev–Trinajstić information content (AvgIpc) is 3.39. The first-order valence-corrected chi connectivity index (χ1v) is 14.1. The van der Waals surface area contributed by atoms with Crippen molar-refractivity contribution in [3.8, 4) is 0 Å². The largest absolute Gasteiger partial charge is 0.432 e. The van der Waals surface area contributed by atoms with Crippen LogP contribution >= 0.6 is 0 Å². The second-order valence-corrected chi connectivity index (χ2v) is 13.5. The van der Waals surface area contributed by atoms with E-state index in [9.17, 15) is 13.2 Å². The van der Waals surface area contributed by atoms with Crippen LogP contribution in [0.3, 0.4) is 0 Å². The van der Waals surface area contributed by atoms with Gasteiger partial charge in [-0.05, 0) is 107 Å². The lowest BCUT2D eigenvalue weighted by molar-refractivity contribution is -0.0632. The number of nitrogens with zero attached hydrogens (tertiary/aromatic N) is 1. The quantitative estimate of drug-likeness (QED) is 0.283. The molecule has 2 heterocycles. The Kier molecular flexibility index (Phi) is 6.51. The molecule has 0 aromatic heterocycles. The van der Waals surface area contributed by atoms with Crippen LogP contribution in [-0.2, 0) is 4.74 Å². The Bertz CT molecular complexity index is 1030. The molecule has 9 atom stereocenters. The maximum absolute atomic E-state index is 13.5. The number of rotatable bonds is 1. The minimum Gasteiger partial charge on any atom is -0.402 e. The van der Waals surface area contributed by atoms with Gasteiger partial charge in [-0.2, -0.15) is 13.2 Å². The number of hydrogen-bond acceptors (Lipinski definition) is 4. The fraction of sp³-hybridized carbons (Fsp3) is 0.833. The molecule has 2 saturated heterocycles. The fourth-order valence-electron chi connectivity index (χ4n) is 9.76. The van der Waals surface area contributed by atoms with E-state index in [-0.39, 0.29) is 30.2 Å². The molecule has 0 bridgehead atoms. The predicted molar refractivity (Wildman–Crippen MR) is 141 cm³/mol. The highest BCUT2D eigenvalue weighted by molar-refractivity contribution is 6.02. The summed E-state index contributed by atoms with van der Waals surface area (Å²) in [6.45, 7) is 10.3. The summed E-state index contributed by atoms with van der Waals surface area (Å²) in [7, 11) is 0. The van der Waals surface area contributed by atoms with Crippen molar-refractivity contribution in [1.82, 2.24) is 4.90 Å². The van der Waals surface area contributed by atoms with Gasteiger partial charge in [-0.3, -0.25) is 10.3 Å². The summed E-state index contributed by atoms with van der Waals surface area (Å²) < 4.78 is 47.4. The molecular weight excluding hydrogens is 475 g/mol. The Morgan fingerprint density at radius 2 is 1.86 bits per heavy atom. The molecule has 6 rings (SSSR count). The van der Waals surface area contributed by atoms with Crippen molar-refractivity contribution in [1.29, 1.82) is 5.41 Å². The Morgan fingerprint density at radius 3 is 2.54 bits per heavy atom. The van der Waals surface area contributed by atoms with Crippen molar-refractivity contribution in [2.75, 3.05) is 6.54 Å². The van der Waals surface area contributed by atoms with Crippen LogP contribution in [0.4, 0.5) is 13.2 Å². The zero-order valence-corrected chi connectivity index (χ0v) is 22.2. The third kappa shape index (κ3) is 3.96. The molecule has 8 unspecified atom stereocenters. The molecule has 4 aliphatic carbocycles. The highest BCUT2D eigenvalue weighted by Gasteiger charge is 2.60. The van der Waals surface area contributed by atoms with Crippen molar-refractivity contribution in [2.24, 2.45) is 40.7 Å². The van der Waals surface area contributed by atoms with Gasteiger partial charge in [0, 0.05) is 23.9 Å². The van der Waals surface area contributed by atoms with Gasteiger partial charge >= 0.3 is 6.18 Å². The van der Waals surface area contributed by atoms with Crippen molar-refractivity contribution in [3.63, 3.8) is 0 Å². The summed E-state index contributed by atoms with van der Waals surface area (Å²) >= 11 is 0. The molecule has 6 aliphatic rings. The van der Waals surface area contributed by atoms with Crippen LogP contribution in [0.5, 0.6) is 0 Å². The molecule has 1 spiro atoms. The number of allylic oxidation sites excluding steroid dienone is 3. The average molecular weight is 522 g/mol. The first-order chi connectivity index (χ1) is 16.8. The summed E-state index contributed by atoms with van der Waals surface area (Å²) in [4.78, 5) is 2.59. The Labute approximate surface area is 220 Å². The predicted octanol–water partition coefficient (Wildman–Crippen LogP) is 7.21. The van der Waals surface area contributed by atoms with Crippen LogP contribution in [0.1, 0.15) is 92.9 Å². The number of nitrogens with two attached hydrogens (primary N) is 1. The summed E-state index contributed by atoms with van der Waals surface area (Å²) in [6, 6.07) is 0.424. The van der Waals surface area contributed by atoms with Gasteiger partial charge in [0.05, 0.1) is 5.60 Å².